The topological polar surface area (TPSA) is 85.1 Å². The maximum atomic E-state index is 15.3. The van der Waals surface area contributed by atoms with Crippen molar-refractivity contribution in [2.45, 2.75) is 51.5 Å². The van der Waals surface area contributed by atoms with E-state index in [1.807, 2.05) is 13.8 Å². The third-order valence-electron chi connectivity index (χ3n) is 5.51. The summed E-state index contributed by atoms with van der Waals surface area (Å²) in [5.74, 6) is -1.13. The highest BCUT2D eigenvalue weighted by atomic mass is 19.1. The number of aromatic nitrogens is 2. The van der Waals surface area contributed by atoms with Gasteiger partial charge in [-0.1, -0.05) is 19.9 Å². The van der Waals surface area contributed by atoms with E-state index >= 15 is 4.39 Å². The third kappa shape index (κ3) is 3.37. The van der Waals surface area contributed by atoms with Crippen molar-refractivity contribution in [3.63, 3.8) is 0 Å². The second-order valence-electron chi connectivity index (χ2n) is 7.04. The quantitative estimate of drug-likeness (QED) is 0.768. The lowest BCUT2D eigenvalue weighted by Crippen LogP contribution is -2.44. The minimum Gasteiger partial charge on any atom is -0.317 e. The molecular weight excluding hydrogens is 363 g/mol. The van der Waals surface area contributed by atoms with E-state index in [2.05, 4.69) is 10.6 Å². The zero-order valence-electron chi connectivity index (χ0n) is 16.5. The van der Waals surface area contributed by atoms with Gasteiger partial charge in [0.1, 0.15) is 11.6 Å². The van der Waals surface area contributed by atoms with Gasteiger partial charge in [-0.15, -0.1) is 0 Å². The number of fused-ring (bicyclic) bond motifs is 1. The number of amides is 2. The van der Waals surface area contributed by atoms with Crippen LogP contribution in [-0.4, -0.2) is 34.0 Å². The van der Waals surface area contributed by atoms with Crippen molar-refractivity contribution in [3.8, 4) is 0 Å². The molecule has 152 valence electrons. The molecule has 0 saturated carbocycles. The first-order valence-corrected chi connectivity index (χ1v) is 9.92. The summed E-state index contributed by atoms with van der Waals surface area (Å²) in [6.07, 6.45) is 2.10. The van der Waals surface area contributed by atoms with Crippen molar-refractivity contribution in [2.24, 2.45) is 7.05 Å². The Bertz CT molecular complexity index is 956. The molecule has 2 aliphatic heterocycles. The summed E-state index contributed by atoms with van der Waals surface area (Å²) in [5, 5.41) is 5.52. The van der Waals surface area contributed by atoms with Gasteiger partial charge in [-0.2, -0.15) is 0 Å². The van der Waals surface area contributed by atoms with Gasteiger partial charge in [0.2, 0.25) is 11.8 Å². The fraction of sp³-hybridized carbons (Fsp3) is 0.550. The first-order chi connectivity index (χ1) is 13.5. The highest BCUT2D eigenvalue weighted by molar-refractivity contribution is 6.00. The molecule has 0 spiro atoms. The number of rotatable bonds is 2. The summed E-state index contributed by atoms with van der Waals surface area (Å²) in [6, 6.07) is 2.66. The molecule has 2 fully saturated rings. The Hall–Kier alpha value is -2.48. The maximum Gasteiger partial charge on any atom is 0.329 e. The summed E-state index contributed by atoms with van der Waals surface area (Å²) in [6.45, 7) is 5.69. The molecule has 1 atom stereocenters. The van der Waals surface area contributed by atoms with Gasteiger partial charge in [-0.05, 0) is 49.9 Å². The van der Waals surface area contributed by atoms with Crippen LogP contribution < -0.4 is 16.3 Å². The van der Waals surface area contributed by atoms with E-state index in [-0.39, 0.29) is 36.0 Å². The minimum atomic E-state index is -0.798. The largest absolute Gasteiger partial charge is 0.329 e. The summed E-state index contributed by atoms with van der Waals surface area (Å²) >= 11 is 0. The number of imide groups is 1. The van der Waals surface area contributed by atoms with Gasteiger partial charge in [0.05, 0.1) is 5.52 Å². The number of nitrogens with zero attached hydrogens (tertiary/aromatic N) is 2. The van der Waals surface area contributed by atoms with Gasteiger partial charge in [0, 0.05) is 13.5 Å². The van der Waals surface area contributed by atoms with Crippen LogP contribution in [0, 0.1) is 5.82 Å². The van der Waals surface area contributed by atoms with Crippen LogP contribution in [0.5, 0.6) is 0 Å². The molecule has 2 N–H and O–H groups in total. The van der Waals surface area contributed by atoms with Crippen molar-refractivity contribution >= 4 is 22.8 Å². The van der Waals surface area contributed by atoms with Crippen molar-refractivity contribution in [1.82, 2.24) is 19.8 Å². The normalized spacial score (nSPS) is 20.6. The number of piperidine rings is 2. The van der Waals surface area contributed by atoms with Gasteiger partial charge < -0.3 is 5.32 Å². The number of benzene rings is 1. The van der Waals surface area contributed by atoms with Crippen LogP contribution in [0.25, 0.3) is 11.0 Å². The molecule has 8 heteroatoms. The maximum absolute atomic E-state index is 15.3. The molecule has 4 rings (SSSR count). The van der Waals surface area contributed by atoms with Crippen molar-refractivity contribution in [3.05, 3.63) is 34.0 Å². The predicted octanol–water partition coefficient (Wildman–Crippen LogP) is 1.95. The Morgan fingerprint density at radius 2 is 1.75 bits per heavy atom. The third-order valence-corrected chi connectivity index (χ3v) is 5.51. The van der Waals surface area contributed by atoms with Gasteiger partial charge >= 0.3 is 5.69 Å². The number of hydrogen-bond acceptors (Lipinski definition) is 4. The zero-order chi connectivity index (χ0) is 20.4. The lowest BCUT2D eigenvalue weighted by Gasteiger charge is -2.24. The number of nitrogens with one attached hydrogen (secondary N) is 2. The number of hydrogen-bond donors (Lipinski definition) is 2. The molecule has 2 amide bonds. The van der Waals surface area contributed by atoms with E-state index in [1.165, 1.54) is 16.2 Å². The van der Waals surface area contributed by atoms with E-state index in [1.54, 1.807) is 12.1 Å². The SMILES string of the molecule is CC.Cn1c(=O)n(C2CCC(=O)NC2=O)c2ccc(C3CCNCC3)c(F)c21. The first kappa shape index (κ1) is 20.3. The van der Waals surface area contributed by atoms with E-state index in [9.17, 15) is 14.4 Å². The fourth-order valence-corrected chi connectivity index (χ4v) is 4.12. The van der Waals surface area contributed by atoms with Gasteiger partial charge in [0.15, 0.2) is 5.82 Å². The molecule has 0 radical (unpaired) electrons. The fourth-order valence-electron chi connectivity index (χ4n) is 4.12. The Kier molecular flexibility index (Phi) is 5.98. The summed E-state index contributed by atoms with van der Waals surface area (Å²) in [5.41, 5.74) is 0.781. The zero-order valence-corrected chi connectivity index (χ0v) is 16.5. The lowest BCUT2D eigenvalue weighted by molar-refractivity contribution is -0.135. The van der Waals surface area contributed by atoms with Crippen LogP contribution in [0.4, 0.5) is 4.39 Å². The standard InChI is InChI=1S/C18H21FN4O3.C2H6/c1-22-16-12(3-2-11(15(16)19)10-6-8-20-9-7-10)23(18(22)26)13-4-5-14(24)21-17(13)25;1-2/h2-3,10,13,20H,4-9H2,1H3,(H,21,24,25);1-2H3. The Morgan fingerprint density at radius 3 is 2.39 bits per heavy atom. The van der Waals surface area contributed by atoms with Crippen LogP contribution in [0.2, 0.25) is 0 Å². The number of carbonyl (C=O) groups excluding carboxylic acids is 2. The van der Waals surface area contributed by atoms with Gasteiger partial charge in [0.25, 0.3) is 0 Å². The molecule has 1 unspecified atom stereocenters. The molecule has 2 aromatic rings. The average Bonchev–Trinajstić information content (AvgIpc) is 2.96. The Labute approximate surface area is 162 Å². The second-order valence-corrected chi connectivity index (χ2v) is 7.04. The Balaban J connectivity index is 0.00000109. The minimum absolute atomic E-state index is 0.120. The highest BCUT2D eigenvalue weighted by Crippen LogP contribution is 2.32. The first-order valence-electron chi connectivity index (χ1n) is 9.92. The van der Waals surface area contributed by atoms with Gasteiger partial charge in [-0.3, -0.25) is 24.0 Å². The van der Waals surface area contributed by atoms with E-state index < -0.39 is 17.6 Å². The molecular formula is C20H27FN4O3. The molecule has 1 aromatic heterocycles. The van der Waals surface area contributed by atoms with Crippen LogP contribution in [-0.2, 0) is 16.6 Å². The number of imidazole rings is 1. The Morgan fingerprint density at radius 1 is 1.07 bits per heavy atom. The summed E-state index contributed by atoms with van der Waals surface area (Å²) in [4.78, 5) is 36.3. The lowest BCUT2D eigenvalue weighted by atomic mass is 9.89. The van der Waals surface area contributed by atoms with E-state index in [4.69, 9.17) is 0 Å². The van der Waals surface area contributed by atoms with E-state index in [0.717, 1.165) is 25.9 Å². The smallest absolute Gasteiger partial charge is 0.317 e. The number of aryl methyl sites for hydroxylation is 1. The molecule has 0 aliphatic carbocycles. The molecule has 1 aromatic carbocycles. The van der Waals surface area contributed by atoms with Crippen LogP contribution >= 0.6 is 0 Å². The van der Waals surface area contributed by atoms with Crippen LogP contribution in [0.1, 0.15) is 57.1 Å². The van der Waals surface area contributed by atoms with Crippen molar-refractivity contribution in [2.75, 3.05) is 13.1 Å². The van der Waals surface area contributed by atoms with E-state index in [0.29, 0.717) is 11.1 Å². The average molecular weight is 390 g/mol. The molecule has 7 nitrogen and oxygen atoms in total. The molecule has 2 saturated heterocycles. The van der Waals surface area contributed by atoms with Crippen molar-refractivity contribution in [1.29, 1.82) is 0 Å². The number of carbonyl (C=O) groups is 2. The molecule has 28 heavy (non-hydrogen) atoms. The summed E-state index contributed by atoms with van der Waals surface area (Å²) < 4.78 is 17.9. The molecule has 2 aliphatic rings. The number of halogens is 1. The second kappa shape index (κ2) is 8.26. The molecule has 3 heterocycles. The monoisotopic (exact) mass is 390 g/mol. The highest BCUT2D eigenvalue weighted by Gasteiger charge is 2.32. The molecule has 0 bridgehead atoms. The van der Waals surface area contributed by atoms with Crippen LogP contribution in [0.15, 0.2) is 16.9 Å². The summed E-state index contributed by atoms with van der Waals surface area (Å²) in [7, 11) is 1.52. The predicted molar refractivity (Wildman–Crippen MR) is 105 cm³/mol. The van der Waals surface area contributed by atoms with Crippen LogP contribution in [0.3, 0.4) is 0 Å². The van der Waals surface area contributed by atoms with Gasteiger partial charge in [-0.25, -0.2) is 9.18 Å². The van der Waals surface area contributed by atoms with Crippen molar-refractivity contribution < 1.29 is 14.0 Å².